The summed E-state index contributed by atoms with van der Waals surface area (Å²) in [6.45, 7) is 1.09. The normalized spacial score (nSPS) is 10.7. The Balaban J connectivity index is 1.65. The average Bonchev–Trinajstić information content (AvgIpc) is 3.17. The standard InChI is InChI=1S/C16H15ClN4OS/c1-20(10-13-7-8-15(17)23-13)16(22)14-11-21(19-18-14)9-12-5-3-2-4-6-12/h2-8,11H,9-10H2,1H3. The highest BCUT2D eigenvalue weighted by Gasteiger charge is 2.16. The van der Waals surface area contributed by atoms with Crippen LogP contribution < -0.4 is 0 Å². The average molecular weight is 347 g/mol. The van der Waals surface area contributed by atoms with Gasteiger partial charge < -0.3 is 4.90 Å². The largest absolute Gasteiger partial charge is 0.335 e. The van der Waals surface area contributed by atoms with Crippen LogP contribution in [-0.4, -0.2) is 32.8 Å². The molecule has 0 bridgehead atoms. The first-order valence-corrected chi connectivity index (χ1v) is 8.25. The number of benzene rings is 1. The van der Waals surface area contributed by atoms with Gasteiger partial charge >= 0.3 is 0 Å². The summed E-state index contributed by atoms with van der Waals surface area (Å²) in [5, 5.41) is 8.01. The summed E-state index contributed by atoms with van der Waals surface area (Å²) < 4.78 is 2.38. The number of carbonyl (C=O) groups is 1. The fourth-order valence-electron chi connectivity index (χ4n) is 2.18. The molecule has 0 aliphatic rings. The van der Waals surface area contributed by atoms with Crippen LogP contribution in [0.5, 0.6) is 0 Å². The van der Waals surface area contributed by atoms with Crippen molar-refractivity contribution in [1.29, 1.82) is 0 Å². The quantitative estimate of drug-likeness (QED) is 0.712. The first kappa shape index (κ1) is 15.7. The van der Waals surface area contributed by atoms with E-state index in [1.165, 1.54) is 11.3 Å². The molecule has 0 atom stereocenters. The summed E-state index contributed by atoms with van der Waals surface area (Å²) in [5.41, 5.74) is 1.45. The molecule has 0 radical (unpaired) electrons. The Labute approximate surface area is 143 Å². The van der Waals surface area contributed by atoms with Crippen molar-refractivity contribution < 1.29 is 4.79 Å². The van der Waals surface area contributed by atoms with Crippen molar-refractivity contribution in [2.24, 2.45) is 0 Å². The smallest absolute Gasteiger partial charge is 0.276 e. The van der Waals surface area contributed by atoms with Crippen LogP contribution in [0.4, 0.5) is 0 Å². The first-order valence-electron chi connectivity index (χ1n) is 7.05. The van der Waals surface area contributed by atoms with Crippen LogP contribution in [0.15, 0.2) is 48.7 Å². The Morgan fingerprint density at radius 2 is 2.04 bits per heavy atom. The molecular weight excluding hydrogens is 332 g/mol. The molecule has 0 saturated carbocycles. The van der Waals surface area contributed by atoms with E-state index < -0.39 is 0 Å². The lowest BCUT2D eigenvalue weighted by Gasteiger charge is -2.14. The zero-order valence-corrected chi connectivity index (χ0v) is 14.1. The van der Waals surface area contributed by atoms with Gasteiger partial charge in [-0.2, -0.15) is 0 Å². The Kier molecular flexibility index (Phi) is 4.73. The number of aromatic nitrogens is 3. The number of nitrogens with zero attached hydrogens (tertiary/aromatic N) is 4. The molecule has 0 unspecified atom stereocenters. The summed E-state index contributed by atoms with van der Waals surface area (Å²) in [4.78, 5) is 15.0. The van der Waals surface area contributed by atoms with Gasteiger partial charge in [-0.05, 0) is 17.7 Å². The van der Waals surface area contributed by atoms with E-state index in [0.717, 1.165) is 14.8 Å². The van der Waals surface area contributed by atoms with E-state index in [0.29, 0.717) is 18.8 Å². The Bertz CT molecular complexity index is 799. The van der Waals surface area contributed by atoms with Gasteiger partial charge in [0.05, 0.1) is 23.6 Å². The van der Waals surface area contributed by atoms with E-state index in [1.54, 1.807) is 22.8 Å². The summed E-state index contributed by atoms with van der Waals surface area (Å²) in [7, 11) is 1.74. The number of carbonyl (C=O) groups excluding carboxylic acids is 1. The highest BCUT2D eigenvalue weighted by Crippen LogP contribution is 2.22. The second kappa shape index (κ2) is 6.93. The van der Waals surface area contributed by atoms with Crippen LogP contribution in [0, 0.1) is 0 Å². The predicted molar refractivity (Wildman–Crippen MR) is 90.7 cm³/mol. The van der Waals surface area contributed by atoms with Crippen molar-refractivity contribution in [1.82, 2.24) is 19.9 Å². The van der Waals surface area contributed by atoms with Crippen LogP contribution >= 0.6 is 22.9 Å². The molecule has 0 fully saturated rings. The minimum Gasteiger partial charge on any atom is -0.335 e. The van der Waals surface area contributed by atoms with Gasteiger partial charge in [0.2, 0.25) is 0 Å². The molecule has 0 aliphatic heterocycles. The van der Waals surface area contributed by atoms with Crippen LogP contribution in [0.1, 0.15) is 20.9 Å². The van der Waals surface area contributed by atoms with Crippen molar-refractivity contribution in [2.75, 3.05) is 7.05 Å². The van der Waals surface area contributed by atoms with Crippen molar-refractivity contribution in [3.63, 3.8) is 0 Å². The van der Waals surface area contributed by atoms with E-state index in [-0.39, 0.29) is 5.91 Å². The molecule has 118 valence electrons. The predicted octanol–water partition coefficient (Wildman–Crippen LogP) is 3.31. The second-order valence-electron chi connectivity index (χ2n) is 5.15. The zero-order valence-electron chi connectivity index (χ0n) is 12.5. The van der Waals surface area contributed by atoms with Crippen molar-refractivity contribution in [2.45, 2.75) is 13.1 Å². The summed E-state index contributed by atoms with van der Waals surface area (Å²) in [6.07, 6.45) is 1.67. The zero-order chi connectivity index (χ0) is 16.2. The van der Waals surface area contributed by atoms with E-state index in [4.69, 9.17) is 11.6 Å². The van der Waals surface area contributed by atoms with Crippen molar-refractivity contribution >= 4 is 28.8 Å². The van der Waals surface area contributed by atoms with Gasteiger partial charge in [0, 0.05) is 11.9 Å². The van der Waals surface area contributed by atoms with Gasteiger partial charge in [-0.3, -0.25) is 4.79 Å². The lowest BCUT2D eigenvalue weighted by atomic mass is 10.2. The maximum Gasteiger partial charge on any atom is 0.276 e. The third kappa shape index (κ3) is 3.97. The third-order valence-electron chi connectivity index (χ3n) is 3.31. The van der Waals surface area contributed by atoms with Gasteiger partial charge in [0.1, 0.15) is 0 Å². The highest BCUT2D eigenvalue weighted by molar-refractivity contribution is 7.16. The number of rotatable bonds is 5. The molecule has 2 aromatic heterocycles. The SMILES string of the molecule is CN(Cc1ccc(Cl)s1)C(=O)c1cn(Cc2ccccc2)nn1. The molecule has 3 aromatic rings. The number of hydrogen-bond donors (Lipinski definition) is 0. The minimum atomic E-state index is -0.158. The molecule has 0 aliphatic carbocycles. The highest BCUT2D eigenvalue weighted by atomic mass is 35.5. The first-order chi connectivity index (χ1) is 11.1. The van der Waals surface area contributed by atoms with E-state index >= 15 is 0 Å². The molecule has 7 heteroatoms. The van der Waals surface area contributed by atoms with Crippen molar-refractivity contribution in [3.8, 4) is 0 Å². The Morgan fingerprint density at radius 1 is 1.26 bits per heavy atom. The summed E-state index contributed by atoms with van der Waals surface area (Å²) >= 11 is 7.38. The molecular formula is C16H15ClN4OS. The topological polar surface area (TPSA) is 51.0 Å². The molecule has 1 aromatic carbocycles. The van der Waals surface area contributed by atoms with Gasteiger partial charge in [-0.25, -0.2) is 4.68 Å². The van der Waals surface area contributed by atoms with Gasteiger partial charge in [0.15, 0.2) is 5.69 Å². The third-order valence-corrected chi connectivity index (χ3v) is 4.53. The van der Waals surface area contributed by atoms with Gasteiger partial charge in [0.25, 0.3) is 5.91 Å². The molecule has 2 heterocycles. The van der Waals surface area contributed by atoms with Crippen molar-refractivity contribution in [3.05, 3.63) is 69.1 Å². The molecule has 23 heavy (non-hydrogen) atoms. The molecule has 0 spiro atoms. The minimum absolute atomic E-state index is 0.158. The summed E-state index contributed by atoms with van der Waals surface area (Å²) in [5.74, 6) is -0.158. The lowest BCUT2D eigenvalue weighted by molar-refractivity contribution is 0.0780. The second-order valence-corrected chi connectivity index (χ2v) is 6.95. The van der Waals surface area contributed by atoms with Crippen LogP contribution in [0.3, 0.4) is 0 Å². The number of hydrogen-bond acceptors (Lipinski definition) is 4. The van der Waals surface area contributed by atoms with Crippen LogP contribution in [-0.2, 0) is 13.1 Å². The Morgan fingerprint density at radius 3 is 2.74 bits per heavy atom. The fraction of sp³-hybridized carbons (Fsp3) is 0.188. The van der Waals surface area contributed by atoms with E-state index in [9.17, 15) is 4.79 Å². The number of thiophene rings is 1. The maximum atomic E-state index is 12.4. The maximum absolute atomic E-state index is 12.4. The molecule has 3 rings (SSSR count). The van der Waals surface area contributed by atoms with Gasteiger partial charge in [-0.15, -0.1) is 16.4 Å². The van der Waals surface area contributed by atoms with E-state index in [1.807, 2.05) is 42.5 Å². The fourth-order valence-corrected chi connectivity index (χ4v) is 3.32. The van der Waals surface area contributed by atoms with E-state index in [2.05, 4.69) is 10.3 Å². The van der Waals surface area contributed by atoms with Crippen LogP contribution in [0.2, 0.25) is 4.34 Å². The lowest BCUT2D eigenvalue weighted by Crippen LogP contribution is -2.26. The van der Waals surface area contributed by atoms with Gasteiger partial charge in [-0.1, -0.05) is 47.1 Å². The molecule has 0 N–H and O–H groups in total. The number of amides is 1. The summed E-state index contributed by atoms with van der Waals surface area (Å²) in [6, 6.07) is 13.7. The monoisotopic (exact) mass is 346 g/mol. The molecule has 0 saturated heterocycles. The Hall–Kier alpha value is -2.18. The molecule has 1 amide bonds. The number of halogens is 1. The van der Waals surface area contributed by atoms with Crippen LogP contribution in [0.25, 0.3) is 0 Å². The molecule has 5 nitrogen and oxygen atoms in total.